The summed E-state index contributed by atoms with van der Waals surface area (Å²) in [4.78, 5) is 17.8. The Morgan fingerprint density at radius 1 is 1.26 bits per heavy atom. The Morgan fingerprint density at radius 2 is 2.09 bits per heavy atom. The Balaban J connectivity index is 2.02. The molecule has 7 heteroatoms. The predicted molar refractivity (Wildman–Crippen MR) is 87.3 cm³/mol. The van der Waals surface area contributed by atoms with Gasteiger partial charge in [0.25, 0.3) is 0 Å². The lowest BCUT2D eigenvalue weighted by molar-refractivity contribution is -0.116. The van der Waals surface area contributed by atoms with Crippen molar-refractivity contribution < 1.29 is 13.6 Å². The summed E-state index contributed by atoms with van der Waals surface area (Å²) in [6, 6.07) is 9.34. The Kier molecular flexibility index (Phi) is 4.50. The van der Waals surface area contributed by atoms with Crippen LogP contribution in [0.5, 0.6) is 0 Å². The van der Waals surface area contributed by atoms with Crippen LogP contribution in [0.3, 0.4) is 0 Å². The zero-order valence-corrected chi connectivity index (χ0v) is 13.3. The van der Waals surface area contributed by atoms with Crippen LogP contribution in [0.4, 0.5) is 10.2 Å². The van der Waals surface area contributed by atoms with Crippen LogP contribution in [-0.2, 0) is 11.3 Å². The van der Waals surface area contributed by atoms with E-state index >= 15 is 0 Å². The van der Waals surface area contributed by atoms with Crippen LogP contribution in [0.15, 0.2) is 47.1 Å². The first-order valence-electron chi connectivity index (χ1n) is 6.73. The van der Waals surface area contributed by atoms with Gasteiger partial charge < -0.3 is 4.42 Å². The van der Waals surface area contributed by atoms with Crippen LogP contribution in [0, 0.1) is 5.82 Å². The molecule has 2 aromatic heterocycles. The number of aromatic nitrogens is 1. The van der Waals surface area contributed by atoms with Crippen molar-refractivity contribution >= 4 is 46.0 Å². The highest BCUT2D eigenvalue weighted by atomic mass is 35.5. The normalized spacial score (nSPS) is 10.9. The average Bonchev–Trinajstić information content (AvgIpc) is 3.01. The molecule has 0 bridgehead atoms. The fraction of sp³-hybridized carbons (Fsp3) is 0.125. The molecule has 2 heterocycles. The van der Waals surface area contributed by atoms with Crippen LogP contribution < -0.4 is 4.90 Å². The summed E-state index contributed by atoms with van der Waals surface area (Å²) in [5.41, 5.74) is 1.40. The number of alkyl halides is 1. The minimum Gasteiger partial charge on any atom is -0.463 e. The molecule has 1 aromatic carbocycles. The van der Waals surface area contributed by atoms with Crippen LogP contribution >= 0.6 is 23.2 Å². The molecule has 23 heavy (non-hydrogen) atoms. The second kappa shape index (κ2) is 6.56. The topological polar surface area (TPSA) is 46.3 Å². The summed E-state index contributed by atoms with van der Waals surface area (Å²) in [5, 5.41) is 0.238. The van der Waals surface area contributed by atoms with E-state index < -0.39 is 11.7 Å². The summed E-state index contributed by atoms with van der Waals surface area (Å²) < 4.78 is 19.2. The van der Waals surface area contributed by atoms with Crippen LogP contribution in [0.2, 0.25) is 5.02 Å². The molecule has 3 aromatic rings. The monoisotopic (exact) mass is 352 g/mol. The molecular weight excluding hydrogens is 342 g/mol. The van der Waals surface area contributed by atoms with E-state index in [1.54, 1.807) is 24.3 Å². The number of nitrogens with zero attached hydrogens (tertiary/aromatic N) is 2. The number of carbonyl (C=O) groups excluding carboxylic acids is 1. The minimum absolute atomic E-state index is 0.0621. The van der Waals surface area contributed by atoms with Crippen molar-refractivity contribution in [2.45, 2.75) is 6.54 Å². The SMILES string of the molecule is O=C(CCl)N(Cc1c(F)cccc1Cl)c1ccc2occc2n1. The lowest BCUT2D eigenvalue weighted by Gasteiger charge is -2.21. The van der Waals surface area contributed by atoms with Gasteiger partial charge in [-0.25, -0.2) is 9.37 Å². The van der Waals surface area contributed by atoms with Gasteiger partial charge in [0.15, 0.2) is 5.58 Å². The maximum Gasteiger partial charge on any atom is 0.243 e. The van der Waals surface area contributed by atoms with Gasteiger partial charge in [0, 0.05) is 16.7 Å². The van der Waals surface area contributed by atoms with Gasteiger partial charge in [0.2, 0.25) is 5.91 Å². The number of amides is 1. The fourth-order valence-corrected chi connectivity index (χ4v) is 2.57. The zero-order chi connectivity index (χ0) is 16.4. The van der Waals surface area contributed by atoms with E-state index in [4.69, 9.17) is 27.6 Å². The highest BCUT2D eigenvalue weighted by Gasteiger charge is 2.20. The van der Waals surface area contributed by atoms with E-state index in [0.717, 1.165) is 0 Å². The van der Waals surface area contributed by atoms with E-state index in [9.17, 15) is 9.18 Å². The second-order valence-corrected chi connectivity index (χ2v) is 5.46. The number of hydrogen-bond donors (Lipinski definition) is 0. The molecule has 118 valence electrons. The van der Waals surface area contributed by atoms with Crippen molar-refractivity contribution in [3.05, 3.63) is 59.1 Å². The van der Waals surface area contributed by atoms with E-state index in [2.05, 4.69) is 4.98 Å². The van der Waals surface area contributed by atoms with E-state index in [1.807, 2.05) is 0 Å². The van der Waals surface area contributed by atoms with Crippen LogP contribution in [-0.4, -0.2) is 16.8 Å². The van der Waals surface area contributed by atoms with Gasteiger partial charge in [0.05, 0.1) is 12.8 Å². The van der Waals surface area contributed by atoms with E-state index in [-0.39, 0.29) is 23.0 Å². The maximum absolute atomic E-state index is 14.0. The minimum atomic E-state index is -0.491. The van der Waals surface area contributed by atoms with Crippen molar-refractivity contribution in [3.63, 3.8) is 0 Å². The number of fused-ring (bicyclic) bond motifs is 1. The Hall–Kier alpha value is -2.11. The zero-order valence-electron chi connectivity index (χ0n) is 11.8. The van der Waals surface area contributed by atoms with Gasteiger partial charge in [-0.15, -0.1) is 11.6 Å². The summed E-state index contributed by atoms with van der Waals surface area (Å²) in [7, 11) is 0. The molecule has 0 saturated heterocycles. The standard InChI is InChI=1S/C16H11Cl2FN2O2/c17-8-16(22)21(9-10-11(18)2-1-3-12(10)19)15-5-4-14-13(20-15)6-7-23-14/h1-7H,8-9H2. The van der Waals surface area contributed by atoms with Crippen molar-refractivity contribution in [1.29, 1.82) is 0 Å². The van der Waals surface area contributed by atoms with Crippen molar-refractivity contribution in [2.75, 3.05) is 10.8 Å². The van der Waals surface area contributed by atoms with Crippen molar-refractivity contribution in [3.8, 4) is 0 Å². The first-order chi connectivity index (χ1) is 11.1. The predicted octanol–water partition coefficient (Wildman–Crippen LogP) is 4.39. The first-order valence-corrected chi connectivity index (χ1v) is 7.65. The lowest BCUT2D eigenvalue weighted by atomic mass is 10.2. The molecule has 0 aliphatic carbocycles. The highest BCUT2D eigenvalue weighted by molar-refractivity contribution is 6.31. The quantitative estimate of drug-likeness (QED) is 0.654. The molecule has 4 nitrogen and oxygen atoms in total. The fourth-order valence-electron chi connectivity index (χ4n) is 2.20. The molecule has 0 atom stereocenters. The number of halogens is 3. The molecule has 0 fully saturated rings. The third-order valence-electron chi connectivity index (χ3n) is 3.36. The molecule has 0 aliphatic heterocycles. The van der Waals surface area contributed by atoms with Crippen molar-refractivity contribution in [1.82, 2.24) is 4.98 Å². The molecule has 0 saturated carbocycles. The third kappa shape index (κ3) is 3.16. The molecular formula is C16H11Cl2FN2O2. The highest BCUT2D eigenvalue weighted by Crippen LogP contribution is 2.25. The van der Waals surface area contributed by atoms with Gasteiger partial charge in [-0.2, -0.15) is 0 Å². The van der Waals surface area contributed by atoms with Gasteiger partial charge in [-0.3, -0.25) is 9.69 Å². The number of hydrogen-bond acceptors (Lipinski definition) is 3. The van der Waals surface area contributed by atoms with Crippen LogP contribution in [0.25, 0.3) is 11.1 Å². The Morgan fingerprint density at radius 3 is 2.83 bits per heavy atom. The van der Waals surface area contributed by atoms with Gasteiger partial charge in [0.1, 0.15) is 23.0 Å². The van der Waals surface area contributed by atoms with Crippen molar-refractivity contribution in [2.24, 2.45) is 0 Å². The summed E-state index contributed by atoms with van der Waals surface area (Å²) >= 11 is 11.7. The average molecular weight is 353 g/mol. The molecule has 0 radical (unpaired) electrons. The molecule has 0 unspecified atom stereocenters. The maximum atomic E-state index is 14.0. The number of benzene rings is 1. The van der Waals surface area contributed by atoms with E-state index in [1.165, 1.54) is 23.3 Å². The van der Waals surface area contributed by atoms with E-state index in [0.29, 0.717) is 16.9 Å². The largest absolute Gasteiger partial charge is 0.463 e. The molecule has 0 spiro atoms. The first kappa shape index (κ1) is 15.8. The molecule has 0 aliphatic rings. The number of rotatable bonds is 4. The summed E-state index contributed by atoms with van der Waals surface area (Å²) in [6.07, 6.45) is 1.50. The number of anilines is 1. The molecule has 3 rings (SSSR count). The Bertz CT molecular complexity index is 846. The summed E-state index contributed by atoms with van der Waals surface area (Å²) in [5.74, 6) is -0.795. The van der Waals surface area contributed by atoms with Gasteiger partial charge in [-0.05, 0) is 24.3 Å². The Labute approximate surface area is 141 Å². The van der Waals surface area contributed by atoms with Gasteiger partial charge in [-0.1, -0.05) is 17.7 Å². The van der Waals surface area contributed by atoms with Gasteiger partial charge >= 0.3 is 0 Å². The number of furan rings is 1. The smallest absolute Gasteiger partial charge is 0.243 e. The summed E-state index contributed by atoms with van der Waals surface area (Å²) in [6.45, 7) is -0.0621. The molecule has 0 N–H and O–H groups in total. The second-order valence-electron chi connectivity index (χ2n) is 4.79. The lowest BCUT2D eigenvalue weighted by Crippen LogP contribution is -2.32. The number of pyridine rings is 1. The third-order valence-corrected chi connectivity index (χ3v) is 3.94. The number of carbonyl (C=O) groups is 1. The molecule has 1 amide bonds. The van der Waals surface area contributed by atoms with Crippen LogP contribution in [0.1, 0.15) is 5.56 Å².